The monoisotopic (exact) mass is 194 g/mol. The first kappa shape index (κ1) is 7.27. The first-order chi connectivity index (χ1) is 5.29. The van der Waals surface area contributed by atoms with Gasteiger partial charge in [-0.05, 0) is 16.0 Å². The van der Waals surface area contributed by atoms with Gasteiger partial charge in [0.05, 0.1) is 10.2 Å². The number of rotatable bonds is 0. The second kappa shape index (κ2) is 2.58. The van der Waals surface area contributed by atoms with Crippen LogP contribution in [0.3, 0.4) is 0 Å². The van der Waals surface area contributed by atoms with Crippen molar-refractivity contribution in [2.45, 2.75) is 0 Å². The van der Waals surface area contributed by atoms with Crippen molar-refractivity contribution in [3.05, 3.63) is 24.3 Å². The first-order valence-corrected chi connectivity index (χ1v) is 6.55. The number of thiophene rings is 1. The van der Waals surface area contributed by atoms with E-state index in [0.717, 1.165) is 0 Å². The van der Waals surface area contributed by atoms with Crippen molar-refractivity contribution < 1.29 is 0 Å². The number of fused-ring (bicyclic) bond motifs is 1. The Bertz CT molecular complexity index is 392. The van der Waals surface area contributed by atoms with Gasteiger partial charge in [-0.15, -0.1) is 11.3 Å². The Morgan fingerprint density at radius 3 is 2.55 bits per heavy atom. The molecule has 1 aromatic heterocycles. The predicted molar refractivity (Wildman–Crippen MR) is 61.0 cm³/mol. The molecule has 0 unspecified atom stereocenters. The number of benzene rings is 1. The molecule has 0 radical (unpaired) electrons. The number of hydrogen-bond donors (Lipinski definition) is 0. The van der Waals surface area contributed by atoms with Gasteiger partial charge in [-0.3, -0.25) is 0 Å². The maximum absolute atomic E-state index is 2.25. The molecular weight excluding hydrogens is 184 g/mol. The van der Waals surface area contributed by atoms with Crippen LogP contribution >= 0.6 is 11.3 Å². The van der Waals surface area contributed by atoms with Crippen molar-refractivity contribution in [1.82, 2.24) is 0 Å². The zero-order chi connectivity index (χ0) is 7.84. The predicted octanol–water partition coefficient (Wildman–Crippen LogP) is -1.12. The van der Waals surface area contributed by atoms with Crippen LogP contribution in [0.15, 0.2) is 24.3 Å². The highest BCUT2D eigenvalue weighted by Crippen LogP contribution is 2.14. The molecule has 1 aromatic carbocycles. The summed E-state index contributed by atoms with van der Waals surface area (Å²) in [7, 11) is 2.42. The molecule has 0 atom stereocenters. The molecule has 0 fully saturated rings. The zero-order valence-corrected chi connectivity index (χ0v) is 11.5. The Balaban J connectivity index is 2.92. The van der Waals surface area contributed by atoms with Gasteiger partial charge in [0.15, 0.2) is 0 Å². The van der Waals surface area contributed by atoms with Crippen LogP contribution in [0.2, 0.25) is 0 Å². The average Bonchev–Trinajstić information content (AvgIpc) is 2.30. The van der Waals surface area contributed by atoms with Crippen molar-refractivity contribution in [3.63, 3.8) is 0 Å². The molecule has 0 aliphatic rings. The second-order valence-corrected chi connectivity index (χ2v) is 6.76. The van der Waals surface area contributed by atoms with E-state index in [1.165, 1.54) is 30.6 Å². The highest BCUT2D eigenvalue weighted by molar-refractivity contribution is 7.27. The molecule has 0 amide bonds. The molecule has 0 saturated carbocycles. The maximum Gasteiger partial charge on any atom is 0.0512 e. The van der Waals surface area contributed by atoms with Crippen molar-refractivity contribution >= 4 is 51.6 Å². The Labute approximate surface area is 76.1 Å². The largest absolute Gasteiger partial charge is 0.146 e. The minimum absolute atomic E-state index is 1.21. The summed E-state index contributed by atoms with van der Waals surface area (Å²) < 4.78 is 3.11. The van der Waals surface area contributed by atoms with E-state index in [1.54, 1.807) is 9.69 Å². The van der Waals surface area contributed by atoms with E-state index in [2.05, 4.69) is 24.3 Å². The van der Waals surface area contributed by atoms with E-state index in [4.69, 9.17) is 0 Å². The molecule has 2 rings (SSSR count). The molecule has 0 N–H and O–H groups in total. The Kier molecular flexibility index (Phi) is 1.71. The summed E-state index contributed by atoms with van der Waals surface area (Å²) in [6.07, 6.45) is 0. The number of hydrogen-bond acceptors (Lipinski definition) is 1. The lowest BCUT2D eigenvalue weighted by Crippen LogP contribution is -2.19. The van der Waals surface area contributed by atoms with Crippen molar-refractivity contribution in [2.24, 2.45) is 0 Å². The molecule has 0 aliphatic heterocycles. The van der Waals surface area contributed by atoms with Gasteiger partial charge in [0.2, 0.25) is 0 Å². The molecular formula is C8H10SSi2. The normalized spacial score (nSPS) is 11.3. The SMILES string of the molecule is [SiH3]c1sc2ccccc2c1[SiH3]. The highest BCUT2D eigenvalue weighted by atomic mass is 32.1. The van der Waals surface area contributed by atoms with Crippen LogP contribution in [0, 0.1) is 0 Å². The van der Waals surface area contributed by atoms with Crippen LogP contribution in [0.25, 0.3) is 10.1 Å². The van der Waals surface area contributed by atoms with Gasteiger partial charge in [-0.2, -0.15) is 0 Å². The van der Waals surface area contributed by atoms with Crippen molar-refractivity contribution in [1.29, 1.82) is 0 Å². The smallest absolute Gasteiger partial charge is 0.0512 e. The van der Waals surface area contributed by atoms with Crippen molar-refractivity contribution in [3.8, 4) is 0 Å². The van der Waals surface area contributed by atoms with Crippen LogP contribution in [0.4, 0.5) is 0 Å². The molecule has 0 spiro atoms. The van der Waals surface area contributed by atoms with E-state index in [1.807, 2.05) is 11.3 Å². The lowest BCUT2D eigenvalue weighted by Gasteiger charge is -1.88. The maximum atomic E-state index is 2.25. The lowest BCUT2D eigenvalue weighted by molar-refractivity contribution is 1.87. The second-order valence-electron chi connectivity index (χ2n) is 2.78. The van der Waals surface area contributed by atoms with Crippen LogP contribution in [0.5, 0.6) is 0 Å². The van der Waals surface area contributed by atoms with E-state index < -0.39 is 0 Å². The zero-order valence-electron chi connectivity index (χ0n) is 6.72. The van der Waals surface area contributed by atoms with Gasteiger partial charge in [0.1, 0.15) is 0 Å². The summed E-state index contributed by atoms with van der Waals surface area (Å²) in [6.45, 7) is 0. The van der Waals surface area contributed by atoms with Crippen LogP contribution in [0.1, 0.15) is 0 Å². The van der Waals surface area contributed by atoms with Gasteiger partial charge in [0, 0.05) is 14.9 Å². The summed E-state index contributed by atoms with van der Waals surface area (Å²) >= 11 is 1.98. The molecule has 3 heteroatoms. The minimum atomic E-state index is 1.21. The Hall–Kier alpha value is -0.386. The van der Waals surface area contributed by atoms with E-state index in [9.17, 15) is 0 Å². The molecule has 0 bridgehead atoms. The van der Waals surface area contributed by atoms with Crippen molar-refractivity contribution in [2.75, 3.05) is 0 Å². The fourth-order valence-electron chi connectivity index (χ4n) is 1.30. The molecule has 0 aliphatic carbocycles. The van der Waals surface area contributed by atoms with E-state index in [-0.39, 0.29) is 0 Å². The van der Waals surface area contributed by atoms with Gasteiger partial charge in [-0.25, -0.2) is 0 Å². The summed E-state index contributed by atoms with van der Waals surface area (Å²) in [6, 6.07) is 8.73. The summed E-state index contributed by atoms with van der Waals surface area (Å²) in [5.41, 5.74) is 0. The van der Waals surface area contributed by atoms with E-state index >= 15 is 0 Å². The fourth-order valence-corrected chi connectivity index (χ4v) is 4.22. The van der Waals surface area contributed by atoms with Gasteiger partial charge >= 0.3 is 0 Å². The molecule has 11 heavy (non-hydrogen) atoms. The molecule has 56 valence electrons. The van der Waals surface area contributed by atoms with E-state index in [0.29, 0.717) is 0 Å². The third kappa shape index (κ3) is 1.09. The molecule has 0 nitrogen and oxygen atoms in total. The highest BCUT2D eigenvalue weighted by Gasteiger charge is 2.01. The van der Waals surface area contributed by atoms with Crippen LogP contribution in [-0.4, -0.2) is 20.5 Å². The van der Waals surface area contributed by atoms with Gasteiger partial charge in [-0.1, -0.05) is 23.4 Å². The topological polar surface area (TPSA) is 0 Å². The Morgan fingerprint density at radius 2 is 1.82 bits per heavy atom. The Morgan fingerprint density at radius 1 is 1.09 bits per heavy atom. The first-order valence-electron chi connectivity index (χ1n) is 3.74. The van der Waals surface area contributed by atoms with Crippen LogP contribution < -0.4 is 9.69 Å². The molecule has 2 aromatic rings. The third-order valence-electron chi connectivity index (χ3n) is 2.08. The average molecular weight is 194 g/mol. The fraction of sp³-hybridized carbons (Fsp3) is 0. The summed E-state index contributed by atoms with van der Waals surface area (Å²) in [5.74, 6) is 0. The molecule has 0 saturated heterocycles. The minimum Gasteiger partial charge on any atom is -0.146 e. The third-order valence-corrected chi connectivity index (χ3v) is 7.28. The van der Waals surface area contributed by atoms with Gasteiger partial charge < -0.3 is 0 Å². The summed E-state index contributed by atoms with van der Waals surface area (Å²) in [4.78, 5) is 0. The lowest BCUT2D eigenvalue weighted by atomic mass is 10.3. The van der Waals surface area contributed by atoms with Gasteiger partial charge in [0.25, 0.3) is 0 Å². The molecule has 1 heterocycles. The standard InChI is InChI=1S/C8H10SSi2/c10-7-5-3-1-2-4-6(5)9-8(7)11/h1-4H,10-11H3. The van der Waals surface area contributed by atoms with Crippen LogP contribution in [-0.2, 0) is 0 Å². The summed E-state index contributed by atoms with van der Waals surface area (Å²) in [5, 5.41) is 3.14. The quantitative estimate of drug-likeness (QED) is 0.466.